The van der Waals surface area contributed by atoms with Gasteiger partial charge in [0.15, 0.2) is 5.78 Å². The molecule has 0 heterocycles. The second-order valence-electron chi connectivity index (χ2n) is 8.30. The van der Waals surface area contributed by atoms with Crippen molar-refractivity contribution in [2.75, 3.05) is 0 Å². The lowest BCUT2D eigenvalue weighted by molar-refractivity contribution is -0.135. The molecule has 2 saturated carbocycles. The van der Waals surface area contributed by atoms with Crippen LogP contribution in [0.3, 0.4) is 0 Å². The number of hydrogen-bond acceptors (Lipinski definition) is 4. The van der Waals surface area contributed by atoms with E-state index in [-0.39, 0.29) is 29.5 Å². The molecule has 26 heavy (non-hydrogen) atoms. The summed E-state index contributed by atoms with van der Waals surface area (Å²) in [5.41, 5.74) is 1.89. The molecule has 136 valence electrons. The van der Waals surface area contributed by atoms with E-state index in [9.17, 15) is 14.7 Å². The second-order valence-corrected chi connectivity index (χ2v) is 8.30. The summed E-state index contributed by atoms with van der Waals surface area (Å²) in [5, 5.41) is 10.2. The van der Waals surface area contributed by atoms with Gasteiger partial charge in [0.05, 0.1) is 0 Å². The Morgan fingerprint density at radius 3 is 2.88 bits per heavy atom. The Hall–Kier alpha value is -2.12. The molecule has 0 aliphatic heterocycles. The number of benzene rings is 1. The Morgan fingerprint density at radius 1 is 1.42 bits per heavy atom. The minimum absolute atomic E-state index is 0.0193. The molecule has 3 aliphatic carbocycles. The van der Waals surface area contributed by atoms with Crippen molar-refractivity contribution in [2.24, 2.45) is 23.2 Å². The van der Waals surface area contributed by atoms with E-state index < -0.39 is 11.5 Å². The number of rotatable bonds is 1. The Morgan fingerprint density at radius 2 is 2.19 bits per heavy atom. The molecule has 1 N–H and O–H groups in total. The van der Waals surface area contributed by atoms with Gasteiger partial charge in [-0.3, -0.25) is 9.59 Å². The quantitative estimate of drug-likeness (QED) is 0.480. The van der Waals surface area contributed by atoms with Gasteiger partial charge in [0.1, 0.15) is 11.9 Å². The molecule has 0 bridgehead atoms. The van der Waals surface area contributed by atoms with Crippen LogP contribution in [0, 0.1) is 35.5 Å². The normalized spacial score (nSPS) is 37.9. The Labute approximate surface area is 153 Å². The summed E-state index contributed by atoms with van der Waals surface area (Å²) in [5.74, 6) is 3.83. The van der Waals surface area contributed by atoms with Crippen molar-refractivity contribution >= 4 is 11.8 Å². The first kappa shape index (κ1) is 17.3. The summed E-state index contributed by atoms with van der Waals surface area (Å²) in [7, 11) is 0. The highest BCUT2D eigenvalue weighted by atomic mass is 16.5. The van der Waals surface area contributed by atoms with Crippen LogP contribution in [-0.4, -0.2) is 23.0 Å². The maximum Gasteiger partial charge on any atom is 0.308 e. The topological polar surface area (TPSA) is 63.6 Å². The molecule has 0 amide bonds. The van der Waals surface area contributed by atoms with E-state index in [0.29, 0.717) is 24.5 Å². The average molecular weight is 352 g/mol. The van der Waals surface area contributed by atoms with Crippen molar-refractivity contribution in [1.82, 2.24) is 0 Å². The van der Waals surface area contributed by atoms with E-state index in [1.807, 2.05) is 25.1 Å². The van der Waals surface area contributed by atoms with Crippen LogP contribution in [0.2, 0.25) is 0 Å². The molecular weight excluding hydrogens is 328 g/mol. The lowest BCUT2D eigenvalue weighted by Gasteiger charge is -2.50. The number of aliphatic hydroxyl groups is 1. The third-order valence-corrected chi connectivity index (χ3v) is 6.91. The number of fused-ring (bicyclic) bond motifs is 5. The van der Waals surface area contributed by atoms with Crippen LogP contribution >= 0.6 is 0 Å². The first-order chi connectivity index (χ1) is 12.3. The third-order valence-electron chi connectivity index (χ3n) is 6.91. The number of aryl methyl sites for hydroxylation is 1. The van der Waals surface area contributed by atoms with Gasteiger partial charge in [-0.25, -0.2) is 0 Å². The summed E-state index contributed by atoms with van der Waals surface area (Å²) in [6, 6.07) is 5.81. The first-order valence-electron chi connectivity index (χ1n) is 9.35. The van der Waals surface area contributed by atoms with Gasteiger partial charge in [0, 0.05) is 24.2 Å². The minimum Gasteiger partial charge on any atom is -0.427 e. The minimum atomic E-state index is -0.852. The lowest BCUT2D eigenvalue weighted by atomic mass is 9.52. The van der Waals surface area contributed by atoms with Crippen LogP contribution in [0.1, 0.15) is 50.2 Å². The average Bonchev–Trinajstić information content (AvgIpc) is 2.83. The molecule has 1 aromatic carbocycles. The van der Waals surface area contributed by atoms with Crippen LogP contribution in [0.4, 0.5) is 0 Å². The Balaban J connectivity index is 1.74. The van der Waals surface area contributed by atoms with Crippen molar-refractivity contribution in [3.8, 4) is 18.1 Å². The monoisotopic (exact) mass is 352 g/mol. The van der Waals surface area contributed by atoms with Crippen molar-refractivity contribution in [3.05, 3.63) is 29.3 Å². The fourth-order valence-corrected chi connectivity index (χ4v) is 5.87. The number of aliphatic hydroxyl groups excluding tert-OH is 1. The van der Waals surface area contributed by atoms with E-state index in [1.54, 1.807) is 0 Å². The summed E-state index contributed by atoms with van der Waals surface area (Å²) >= 11 is 0. The molecule has 2 fully saturated rings. The SMILES string of the molecule is C#CC1C[C@]2(C)C(=O)C(O)C[C@H]2[C@@H]2CCc3cc(OC(C)=O)ccc3[C@@H]12. The first-order valence-corrected chi connectivity index (χ1v) is 9.35. The smallest absolute Gasteiger partial charge is 0.308 e. The lowest BCUT2D eigenvalue weighted by Crippen LogP contribution is -2.46. The molecule has 4 nitrogen and oxygen atoms in total. The molecule has 4 heteroatoms. The summed E-state index contributed by atoms with van der Waals surface area (Å²) < 4.78 is 5.23. The fourth-order valence-electron chi connectivity index (χ4n) is 5.87. The standard InChI is InChI=1S/C22H24O4/c1-4-13-11-22(3)18(10-19(24)21(22)25)17-7-5-14-9-15(26-12(2)23)6-8-16(14)20(13)17/h1,6,8-9,13,17-20,24H,5,7,10-11H2,2-3H3/t13?,17-,18-,19?,20+,22-/m0/s1. The number of ether oxygens (including phenoxy) is 1. The molecule has 0 saturated heterocycles. The largest absolute Gasteiger partial charge is 0.427 e. The van der Waals surface area contributed by atoms with Gasteiger partial charge in [-0.2, -0.15) is 0 Å². The maximum atomic E-state index is 12.6. The van der Waals surface area contributed by atoms with Gasteiger partial charge in [0.2, 0.25) is 0 Å². The number of hydrogen-bond donors (Lipinski definition) is 1. The van der Waals surface area contributed by atoms with Crippen molar-refractivity contribution in [1.29, 1.82) is 0 Å². The highest BCUT2D eigenvalue weighted by Crippen LogP contribution is 2.61. The number of esters is 1. The number of ketones is 1. The molecule has 1 aromatic rings. The molecule has 0 radical (unpaired) electrons. The summed E-state index contributed by atoms with van der Waals surface area (Å²) in [6.45, 7) is 3.39. The summed E-state index contributed by atoms with van der Waals surface area (Å²) in [4.78, 5) is 23.8. The van der Waals surface area contributed by atoms with Gasteiger partial charge in [-0.15, -0.1) is 12.3 Å². The van der Waals surface area contributed by atoms with Crippen LogP contribution in [0.15, 0.2) is 18.2 Å². The zero-order chi connectivity index (χ0) is 18.6. The van der Waals surface area contributed by atoms with E-state index in [0.717, 1.165) is 12.8 Å². The van der Waals surface area contributed by atoms with Gasteiger partial charge in [-0.1, -0.05) is 13.0 Å². The van der Waals surface area contributed by atoms with Crippen molar-refractivity contribution in [3.63, 3.8) is 0 Å². The van der Waals surface area contributed by atoms with Crippen LogP contribution in [0.5, 0.6) is 5.75 Å². The zero-order valence-electron chi connectivity index (χ0n) is 15.2. The predicted molar refractivity (Wildman–Crippen MR) is 96.5 cm³/mol. The van der Waals surface area contributed by atoms with Gasteiger partial charge < -0.3 is 9.84 Å². The van der Waals surface area contributed by atoms with Crippen molar-refractivity contribution in [2.45, 2.75) is 51.6 Å². The highest BCUT2D eigenvalue weighted by Gasteiger charge is 2.60. The number of Topliss-reactive ketones (excluding diaryl/α,β-unsaturated/α-hetero) is 1. The van der Waals surface area contributed by atoms with Gasteiger partial charge in [0.25, 0.3) is 0 Å². The molecular formula is C22H24O4. The fraction of sp³-hybridized carbons (Fsp3) is 0.545. The van der Waals surface area contributed by atoms with Crippen molar-refractivity contribution < 1.29 is 19.4 Å². The zero-order valence-corrected chi connectivity index (χ0v) is 15.2. The summed E-state index contributed by atoms with van der Waals surface area (Å²) in [6.07, 6.45) is 8.04. The van der Waals surface area contributed by atoms with E-state index in [2.05, 4.69) is 5.92 Å². The Kier molecular flexibility index (Phi) is 3.96. The third kappa shape index (κ3) is 2.41. The molecule has 6 atom stereocenters. The maximum absolute atomic E-state index is 12.6. The van der Waals surface area contributed by atoms with E-state index in [1.165, 1.54) is 18.1 Å². The molecule has 0 aromatic heterocycles. The second kappa shape index (κ2) is 5.96. The van der Waals surface area contributed by atoms with Gasteiger partial charge >= 0.3 is 5.97 Å². The van der Waals surface area contributed by atoms with Gasteiger partial charge in [-0.05, 0) is 60.8 Å². The molecule has 2 unspecified atom stereocenters. The number of carbonyl (C=O) groups excluding carboxylic acids is 2. The van der Waals surface area contributed by atoms with E-state index in [4.69, 9.17) is 11.2 Å². The molecule has 4 rings (SSSR count). The Bertz CT molecular complexity index is 820. The van der Waals surface area contributed by atoms with Crippen LogP contribution in [-0.2, 0) is 16.0 Å². The number of carbonyl (C=O) groups is 2. The van der Waals surface area contributed by atoms with E-state index >= 15 is 0 Å². The molecule has 3 aliphatic rings. The predicted octanol–water partition coefficient (Wildman–Crippen LogP) is 2.87. The van der Waals surface area contributed by atoms with Crippen LogP contribution in [0.25, 0.3) is 0 Å². The molecule has 0 spiro atoms. The number of terminal acetylenes is 1. The van der Waals surface area contributed by atoms with Crippen LogP contribution < -0.4 is 4.74 Å². The highest BCUT2D eigenvalue weighted by molar-refractivity contribution is 5.91.